The van der Waals surface area contributed by atoms with Gasteiger partial charge in [0.15, 0.2) is 0 Å². The van der Waals surface area contributed by atoms with Crippen molar-refractivity contribution in [3.8, 4) is 0 Å². The molecule has 3 heterocycles. The highest BCUT2D eigenvalue weighted by Crippen LogP contribution is 2.32. The molecule has 1 aromatic carbocycles. The number of aromatic nitrogens is 2. The molecule has 0 N–H and O–H groups in total. The third-order valence-corrected chi connectivity index (χ3v) is 7.31. The Morgan fingerprint density at radius 2 is 1.77 bits per heavy atom. The van der Waals surface area contributed by atoms with Gasteiger partial charge in [-0.05, 0) is 36.2 Å². The van der Waals surface area contributed by atoms with Crippen LogP contribution in [0.25, 0.3) is 0 Å². The first-order valence-corrected chi connectivity index (χ1v) is 11.1. The Kier molecular flexibility index (Phi) is 5.38. The van der Waals surface area contributed by atoms with Crippen molar-refractivity contribution < 1.29 is 26.4 Å². The molecule has 2 aliphatic heterocycles. The zero-order chi connectivity index (χ0) is 22.4. The van der Waals surface area contributed by atoms with Gasteiger partial charge >= 0.3 is 6.18 Å². The summed E-state index contributed by atoms with van der Waals surface area (Å²) in [6.45, 7) is 2.52. The molecule has 1 aromatic heterocycles. The third-order valence-electron chi connectivity index (χ3n) is 5.42. The van der Waals surface area contributed by atoms with Gasteiger partial charge in [-0.25, -0.2) is 18.4 Å². The third kappa shape index (κ3) is 4.09. The number of halogens is 3. The van der Waals surface area contributed by atoms with E-state index in [1.54, 1.807) is 17.0 Å². The number of nitrogens with zero attached hydrogens (tertiary/aromatic N) is 5. The lowest BCUT2D eigenvalue weighted by Gasteiger charge is -2.34. The lowest BCUT2D eigenvalue weighted by atomic mass is 10.2. The lowest BCUT2D eigenvalue weighted by Crippen LogP contribution is -2.49. The zero-order valence-corrected chi connectivity index (χ0v) is 17.4. The van der Waals surface area contributed by atoms with Gasteiger partial charge < -0.3 is 9.80 Å². The monoisotopic (exact) mass is 455 g/mol. The molecule has 166 valence electrons. The molecule has 4 rings (SSSR count). The van der Waals surface area contributed by atoms with Gasteiger partial charge in [-0.1, -0.05) is 0 Å². The Morgan fingerprint density at radius 1 is 1.06 bits per heavy atom. The number of rotatable bonds is 3. The first-order valence-electron chi connectivity index (χ1n) is 9.64. The highest BCUT2D eigenvalue weighted by molar-refractivity contribution is 7.89. The largest absolute Gasteiger partial charge is 0.433 e. The summed E-state index contributed by atoms with van der Waals surface area (Å²) < 4.78 is 66.1. The van der Waals surface area contributed by atoms with Crippen LogP contribution < -0.4 is 9.80 Å². The van der Waals surface area contributed by atoms with Crippen molar-refractivity contribution in [3.63, 3.8) is 0 Å². The Labute approximate surface area is 177 Å². The summed E-state index contributed by atoms with van der Waals surface area (Å²) >= 11 is 0. The van der Waals surface area contributed by atoms with Crippen LogP contribution in [-0.2, 0) is 27.4 Å². The molecule has 8 nitrogen and oxygen atoms in total. The van der Waals surface area contributed by atoms with Gasteiger partial charge in [0.05, 0.1) is 4.90 Å². The summed E-state index contributed by atoms with van der Waals surface area (Å²) in [7, 11) is -3.78. The summed E-state index contributed by atoms with van der Waals surface area (Å²) in [5.41, 5.74) is 0.482. The molecular weight excluding hydrogens is 435 g/mol. The van der Waals surface area contributed by atoms with Crippen LogP contribution in [0.15, 0.2) is 35.4 Å². The second-order valence-electron chi connectivity index (χ2n) is 7.34. The van der Waals surface area contributed by atoms with E-state index in [1.165, 1.54) is 22.2 Å². The second-order valence-corrected chi connectivity index (χ2v) is 9.28. The van der Waals surface area contributed by atoms with E-state index in [0.29, 0.717) is 13.0 Å². The van der Waals surface area contributed by atoms with Gasteiger partial charge in [0.25, 0.3) is 0 Å². The minimum atomic E-state index is -4.58. The van der Waals surface area contributed by atoms with Crippen LogP contribution in [0.5, 0.6) is 0 Å². The summed E-state index contributed by atoms with van der Waals surface area (Å²) in [5, 5.41) is 0. The molecule has 0 spiro atoms. The smallest absolute Gasteiger partial charge is 0.338 e. The number of carbonyl (C=O) groups excluding carboxylic acids is 1. The van der Waals surface area contributed by atoms with Gasteiger partial charge in [0.1, 0.15) is 5.69 Å². The summed E-state index contributed by atoms with van der Waals surface area (Å²) in [6, 6.07) is 5.52. The van der Waals surface area contributed by atoms with Crippen LogP contribution in [0.2, 0.25) is 0 Å². The summed E-state index contributed by atoms with van der Waals surface area (Å²) in [5.74, 6) is -0.170. The maximum atomic E-state index is 13.1. The molecular formula is C19H20F3N5O3S. The highest BCUT2D eigenvalue weighted by atomic mass is 32.2. The highest BCUT2D eigenvalue weighted by Gasteiger charge is 2.35. The number of hydrogen-bond donors (Lipinski definition) is 0. The molecule has 1 amide bonds. The van der Waals surface area contributed by atoms with E-state index in [9.17, 15) is 26.4 Å². The van der Waals surface area contributed by atoms with E-state index in [1.807, 2.05) is 0 Å². The zero-order valence-electron chi connectivity index (χ0n) is 16.6. The summed E-state index contributed by atoms with van der Waals surface area (Å²) in [4.78, 5) is 22.4. The number of benzene rings is 1. The van der Waals surface area contributed by atoms with Crippen LogP contribution in [0.1, 0.15) is 18.2 Å². The second kappa shape index (κ2) is 7.75. The molecule has 0 aliphatic carbocycles. The first kappa shape index (κ1) is 21.5. The molecule has 1 saturated heterocycles. The van der Waals surface area contributed by atoms with Crippen LogP contribution >= 0.6 is 0 Å². The Bertz CT molecular complexity index is 1120. The average molecular weight is 455 g/mol. The molecule has 0 radical (unpaired) electrons. The number of hydrogen-bond acceptors (Lipinski definition) is 6. The van der Waals surface area contributed by atoms with Crippen molar-refractivity contribution in [2.75, 3.05) is 42.5 Å². The number of amides is 1. The normalized spacial score (nSPS) is 17.7. The van der Waals surface area contributed by atoms with Gasteiger partial charge in [0, 0.05) is 51.5 Å². The predicted molar refractivity (Wildman–Crippen MR) is 106 cm³/mol. The minimum Gasteiger partial charge on any atom is -0.338 e. The van der Waals surface area contributed by atoms with Gasteiger partial charge in [-0.3, -0.25) is 4.79 Å². The van der Waals surface area contributed by atoms with Crippen LogP contribution in [0.3, 0.4) is 0 Å². The van der Waals surface area contributed by atoms with Crippen LogP contribution in [0.4, 0.5) is 24.8 Å². The Morgan fingerprint density at radius 3 is 2.42 bits per heavy atom. The molecule has 1 fully saturated rings. The van der Waals surface area contributed by atoms with E-state index < -0.39 is 21.9 Å². The van der Waals surface area contributed by atoms with Crippen LogP contribution in [0, 0.1) is 0 Å². The molecule has 12 heteroatoms. The van der Waals surface area contributed by atoms with Crippen molar-refractivity contribution in [1.29, 1.82) is 0 Å². The predicted octanol–water partition coefficient (Wildman–Crippen LogP) is 1.92. The Balaban J connectivity index is 1.48. The molecule has 0 unspecified atom stereocenters. The van der Waals surface area contributed by atoms with Crippen molar-refractivity contribution in [2.45, 2.75) is 24.4 Å². The van der Waals surface area contributed by atoms with E-state index in [4.69, 9.17) is 0 Å². The number of fused-ring (bicyclic) bond motifs is 1. The van der Waals surface area contributed by atoms with E-state index in [2.05, 4.69) is 9.97 Å². The van der Waals surface area contributed by atoms with Gasteiger partial charge in [-0.2, -0.15) is 17.5 Å². The van der Waals surface area contributed by atoms with Crippen molar-refractivity contribution in [2.24, 2.45) is 0 Å². The number of carbonyl (C=O) groups is 1. The van der Waals surface area contributed by atoms with Crippen molar-refractivity contribution >= 4 is 27.6 Å². The van der Waals surface area contributed by atoms with Gasteiger partial charge in [0.2, 0.25) is 21.9 Å². The number of anilines is 2. The molecule has 0 bridgehead atoms. The number of piperazine rings is 1. The van der Waals surface area contributed by atoms with E-state index in [-0.39, 0.29) is 42.9 Å². The SMILES string of the molecule is CC(=O)N1CCc2cc(S(=O)(=O)N3CCN(c4nccc(C(F)(F)F)n4)CC3)ccc21. The number of alkyl halides is 3. The maximum absolute atomic E-state index is 13.1. The Hall–Kier alpha value is -2.73. The molecule has 2 aromatic rings. The first-order chi connectivity index (χ1) is 14.6. The van der Waals surface area contributed by atoms with Crippen LogP contribution in [-0.4, -0.2) is 61.3 Å². The number of sulfonamides is 1. The fourth-order valence-corrected chi connectivity index (χ4v) is 5.28. The maximum Gasteiger partial charge on any atom is 0.433 e. The topological polar surface area (TPSA) is 86.7 Å². The van der Waals surface area contributed by atoms with Gasteiger partial charge in [-0.15, -0.1) is 0 Å². The molecule has 2 aliphatic rings. The van der Waals surface area contributed by atoms with Crippen molar-refractivity contribution in [1.82, 2.24) is 14.3 Å². The molecule has 0 saturated carbocycles. The summed E-state index contributed by atoms with van der Waals surface area (Å²) in [6.07, 6.45) is -2.95. The average Bonchev–Trinajstić information content (AvgIpc) is 3.17. The fraction of sp³-hybridized carbons (Fsp3) is 0.421. The lowest BCUT2D eigenvalue weighted by molar-refractivity contribution is -0.141. The van der Waals surface area contributed by atoms with E-state index >= 15 is 0 Å². The van der Waals surface area contributed by atoms with Crippen molar-refractivity contribution in [3.05, 3.63) is 41.7 Å². The standard InChI is InChI=1S/C19H20F3N5O3S/c1-13(28)27-7-5-14-12-15(2-3-16(14)27)31(29,30)26-10-8-25(9-11-26)18-23-6-4-17(24-18)19(20,21)22/h2-4,6,12H,5,7-11H2,1H3. The minimum absolute atomic E-state index is 0.0753. The molecule has 31 heavy (non-hydrogen) atoms. The van der Waals surface area contributed by atoms with E-state index in [0.717, 1.165) is 23.5 Å². The molecule has 0 atom stereocenters. The fourth-order valence-electron chi connectivity index (χ4n) is 3.80. The quantitative estimate of drug-likeness (QED) is 0.703.